The third kappa shape index (κ3) is 3.52. The fourth-order valence-corrected chi connectivity index (χ4v) is 1.85. The summed E-state index contributed by atoms with van der Waals surface area (Å²) in [6.45, 7) is 8.03. The molecule has 0 spiro atoms. The van der Waals surface area contributed by atoms with E-state index in [0.29, 0.717) is 6.04 Å². The molecule has 1 rings (SSSR count). The fourth-order valence-electron chi connectivity index (χ4n) is 1.85. The topological polar surface area (TPSA) is 26.0 Å². The normalized spacial score (nSPS) is 36.8. The zero-order valence-corrected chi connectivity index (χ0v) is 10.0. The van der Waals surface area contributed by atoms with E-state index in [4.69, 9.17) is 5.73 Å². The summed E-state index contributed by atoms with van der Waals surface area (Å²) in [4.78, 5) is 0. The van der Waals surface area contributed by atoms with Crippen molar-refractivity contribution in [3.63, 3.8) is 0 Å². The summed E-state index contributed by atoms with van der Waals surface area (Å²) >= 11 is 0. The molecular weight excluding hydrogens is 211 g/mol. The zero-order valence-electron chi connectivity index (χ0n) is 7.18. The third-order valence-electron chi connectivity index (χ3n) is 2.45. The number of hydrogen-bond donors (Lipinski definition) is 1. The summed E-state index contributed by atoms with van der Waals surface area (Å²) in [6, 6.07) is 0.407. The maximum Gasteiger partial charge on any atom is 0.00186 e. The maximum absolute atomic E-state index is 5.78. The van der Waals surface area contributed by atoms with Gasteiger partial charge in [0, 0.05) is 38.8 Å². The molecule has 2 N–H and O–H groups in total. The molecule has 1 saturated carbocycles. The predicted octanol–water partition coefficient (Wildman–Crippen LogP) is 1.93. The van der Waals surface area contributed by atoms with Crippen LogP contribution in [0.4, 0.5) is 0 Å². The van der Waals surface area contributed by atoms with Gasteiger partial charge in [-0.15, -0.1) is 6.42 Å². The zero-order chi connectivity index (χ0) is 7.61. The van der Waals surface area contributed by atoms with Crippen LogP contribution in [-0.2, 0) is 32.7 Å². The van der Waals surface area contributed by atoms with Gasteiger partial charge in [0.15, 0.2) is 0 Å². The van der Waals surface area contributed by atoms with Crippen LogP contribution < -0.4 is 5.73 Å². The molecule has 1 nitrogen and oxygen atoms in total. The number of nitrogens with two attached hydrogens (primary N) is 1. The Morgan fingerprint density at radius 3 is 2.55 bits per heavy atom. The average molecular weight is 228 g/mol. The minimum atomic E-state index is 0. The first-order valence-corrected chi connectivity index (χ1v) is 4.06. The minimum Gasteiger partial charge on any atom is -0.343 e. The van der Waals surface area contributed by atoms with Crippen LogP contribution in [0, 0.1) is 19.3 Å². The van der Waals surface area contributed by atoms with Crippen molar-refractivity contribution < 1.29 is 32.7 Å². The van der Waals surface area contributed by atoms with E-state index in [2.05, 4.69) is 13.8 Å². The van der Waals surface area contributed by atoms with E-state index in [9.17, 15) is 0 Å². The van der Waals surface area contributed by atoms with Crippen LogP contribution in [0.15, 0.2) is 0 Å². The van der Waals surface area contributed by atoms with Crippen LogP contribution in [0.2, 0.25) is 0 Å². The monoisotopic (exact) mass is 228 g/mol. The van der Waals surface area contributed by atoms with Crippen molar-refractivity contribution in [2.24, 2.45) is 11.1 Å². The molecule has 11 heavy (non-hydrogen) atoms. The van der Waals surface area contributed by atoms with Gasteiger partial charge in [-0.3, -0.25) is 0 Å². The quantitative estimate of drug-likeness (QED) is 0.718. The average Bonchev–Trinajstić information content (AvgIpc) is 2.12. The Morgan fingerprint density at radius 2 is 2.18 bits per heavy atom. The van der Waals surface area contributed by atoms with Crippen molar-refractivity contribution in [3.8, 4) is 0 Å². The van der Waals surface area contributed by atoms with E-state index in [-0.39, 0.29) is 38.1 Å². The largest absolute Gasteiger partial charge is 0.343 e. The van der Waals surface area contributed by atoms with Gasteiger partial charge in [-0.25, -0.2) is 0 Å². The van der Waals surface area contributed by atoms with E-state index in [1.807, 2.05) is 0 Å². The summed E-state index contributed by atoms with van der Waals surface area (Å²) in [7, 11) is 0. The van der Waals surface area contributed by atoms with Gasteiger partial charge in [0.05, 0.1) is 0 Å². The summed E-state index contributed by atoms with van der Waals surface area (Å²) in [5.74, 6) is 0. The van der Waals surface area contributed by atoms with Gasteiger partial charge in [0.25, 0.3) is 0 Å². The molecule has 0 heterocycles. The van der Waals surface area contributed by atoms with Crippen LogP contribution in [0.3, 0.4) is 0 Å². The maximum atomic E-state index is 5.78. The SMILES string of the molecule is [CH2-]CCC1([CH2-])CCC(N)C1.[Y]. The fraction of sp³-hybridized carbons (Fsp3) is 0.778. The minimum absolute atomic E-state index is 0. The molecule has 63 valence electrons. The van der Waals surface area contributed by atoms with Crippen molar-refractivity contribution in [1.29, 1.82) is 0 Å². The molecule has 1 aliphatic rings. The van der Waals surface area contributed by atoms with Gasteiger partial charge in [-0.05, 0) is 6.42 Å². The molecule has 2 unspecified atom stereocenters. The molecule has 0 aromatic rings. The van der Waals surface area contributed by atoms with Crippen LogP contribution in [0.5, 0.6) is 0 Å². The summed E-state index contributed by atoms with van der Waals surface area (Å²) in [5.41, 5.74) is 6.06. The standard InChI is InChI=1S/C9H17N.Y/c1-3-5-9(2)6-4-8(10)7-9;/h8H,1-7,10H2;/q-2;. The Morgan fingerprint density at radius 1 is 1.55 bits per heavy atom. The molecular formula is C9H17NY-2. The van der Waals surface area contributed by atoms with Crippen molar-refractivity contribution in [2.45, 2.75) is 38.1 Å². The van der Waals surface area contributed by atoms with Gasteiger partial charge in [-0.2, -0.15) is 11.8 Å². The molecule has 1 radical (unpaired) electrons. The second kappa shape index (κ2) is 4.94. The summed E-state index contributed by atoms with van der Waals surface area (Å²) in [5, 5.41) is 0. The van der Waals surface area contributed by atoms with E-state index in [1.165, 1.54) is 6.42 Å². The molecule has 1 aliphatic carbocycles. The van der Waals surface area contributed by atoms with E-state index in [1.54, 1.807) is 0 Å². The molecule has 0 aromatic heterocycles. The number of rotatable bonds is 2. The first-order chi connectivity index (χ1) is 4.66. The molecule has 0 bridgehead atoms. The molecule has 1 fully saturated rings. The molecule has 0 saturated heterocycles. The second-order valence-electron chi connectivity index (χ2n) is 3.61. The first-order valence-electron chi connectivity index (χ1n) is 4.06. The van der Waals surface area contributed by atoms with E-state index in [0.717, 1.165) is 25.7 Å². The van der Waals surface area contributed by atoms with E-state index >= 15 is 0 Å². The Kier molecular flexibility index (Phi) is 5.42. The van der Waals surface area contributed by atoms with Crippen LogP contribution in [0.1, 0.15) is 32.1 Å². The predicted molar refractivity (Wildman–Crippen MR) is 44.2 cm³/mol. The summed E-state index contributed by atoms with van der Waals surface area (Å²) < 4.78 is 0. The second-order valence-corrected chi connectivity index (χ2v) is 3.61. The van der Waals surface area contributed by atoms with Crippen molar-refractivity contribution in [1.82, 2.24) is 0 Å². The first kappa shape index (κ1) is 12.1. The summed E-state index contributed by atoms with van der Waals surface area (Å²) in [6.07, 6.45) is 5.59. The van der Waals surface area contributed by atoms with Crippen LogP contribution >= 0.6 is 0 Å². The Bertz CT molecular complexity index is 112. The van der Waals surface area contributed by atoms with Crippen LogP contribution in [-0.4, -0.2) is 6.04 Å². The van der Waals surface area contributed by atoms with Gasteiger partial charge in [-0.1, -0.05) is 12.8 Å². The van der Waals surface area contributed by atoms with Gasteiger partial charge in [0.1, 0.15) is 0 Å². The van der Waals surface area contributed by atoms with Crippen molar-refractivity contribution in [2.75, 3.05) is 0 Å². The van der Waals surface area contributed by atoms with Crippen molar-refractivity contribution in [3.05, 3.63) is 13.8 Å². The molecule has 2 atom stereocenters. The third-order valence-corrected chi connectivity index (χ3v) is 2.45. The van der Waals surface area contributed by atoms with Crippen LogP contribution in [0.25, 0.3) is 0 Å². The number of hydrogen-bond acceptors (Lipinski definition) is 1. The Hall–Kier alpha value is 1.06. The van der Waals surface area contributed by atoms with Gasteiger partial charge in [0.2, 0.25) is 0 Å². The Labute approximate surface area is 95.4 Å². The molecule has 2 heteroatoms. The molecule has 0 aliphatic heterocycles. The Balaban J connectivity index is 0.000001000. The molecule has 0 aromatic carbocycles. The smallest absolute Gasteiger partial charge is 0.00186 e. The molecule has 0 amide bonds. The van der Waals surface area contributed by atoms with E-state index < -0.39 is 0 Å². The van der Waals surface area contributed by atoms with Gasteiger partial charge >= 0.3 is 0 Å². The van der Waals surface area contributed by atoms with Gasteiger partial charge < -0.3 is 19.6 Å². The van der Waals surface area contributed by atoms with Crippen molar-refractivity contribution >= 4 is 0 Å².